The zero-order chi connectivity index (χ0) is 20.1. The quantitative estimate of drug-likeness (QED) is 0.681. The van der Waals surface area contributed by atoms with E-state index >= 15 is 0 Å². The maximum absolute atomic E-state index is 12.1. The summed E-state index contributed by atoms with van der Waals surface area (Å²) in [5.74, 6) is 1.05. The lowest BCUT2D eigenvalue weighted by molar-refractivity contribution is 0.186. The smallest absolute Gasteiger partial charge is 0.410 e. The minimum Gasteiger partial charge on any atom is -0.410 e. The second-order valence-electron chi connectivity index (χ2n) is 6.56. The second-order valence-corrected chi connectivity index (χ2v) is 6.56. The lowest BCUT2D eigenvalue weighted by Crippen LogP contribution is -2.37. The van der Waals surface area contributed by atoms with Crippen molar-refractivity contribution in [1.82, 2.24) is 25.5 Å². The van der Waals surface area contributed by atoms with Crippen molar-refractivity contribution in [1.29, 1.82) is 0 Å². The van der Waals surface area contributed by atoms with Crippen molar-refractivity contribution in [2.24, 2.45) is 0 Å². The highest BCUT2D eigenvalue weighted by molar-refractivity contribution is 5.74. The molecule has 1 aromatic heterocycles. The van der Waals surface area contributed by atoms with E-state index in [0.717, 1.165) is 16.7 Å². The molecule has 0 aliphatic rings. The predicted octanol–water partition coefficient (Wildman–Crippen LogP) is 2.67. The van der Waals surface area contributed by atoms with Gasteiger partial charge in [-0.05, 0) is 47.5 Å². The topological polar surface area (TPSA) is 102 Å². The third-order valence-corrected chi connectivity index (χ3v) is 4.22. The van der Waals surface area contributed by atoms with Gasteiger partial charge in [-0.1, -0.05) is 36.8 Å². The van der Waals surface area contributed by atoms with Gasteiger partial charge in [-0.2, -0.15) is 4.68 Å². The number of aryl methyl sites for hydroxylation is 2. The van der Waals surface area contributed by atoms with Crippen molar-refractivity contribution in [3.8, 4) is 22.6 Å². The minimum atomic E-state index is -0.638. The molecule has 8 heteroatoms. The lowest BCUT2D eigenvalue weighted by atomic mass is 10.0. The van der Waals surface area contributed by atoms with Crippen LogP contribution in [0, 0.1) is 6.92 Å². The first kappa shape index (κ1) is 19.5. The monoisotopic (exact) mass is 381 g/mol. The van der Waals surface area contributed by atoms with E-state index in [1.807, 2.05) is 44.2 Å². The Morgan fingerprint density at radius 1 is 1.21 bits per heavy atom. The van der Waals surface area contributed by atoms with E-state index in [0.29, 0.717) is 23.7 Å². The molecule has 0 fully saturated rings. The molecular weight excluding hydrogens is 358 g/mol. The van der Waals surface area contributed by atoms with E-state index in [4.69, 9.17) is 9.84 Å². The molecule has 28 heavy (non-hydrogen) atoms. The first-order valence-corrected chi connectivity index (χ1v) is 9.09. The number of aliphatic hydroxyl groups is 1. The number of hydrogen-bond acceptors (Lipinski definition) is 6. The highest BCUT2D eigenvalue weighted by Gasteiger charge is 2.14. The molecule has 146 valence electrons. The van der Waals surface area contributed by atoms with Gasteiger partial charge >= 0.3 is 6.09 Å². The summed E-state index contributed by atoms with van der Waals surface area (Å²) in [5, 5.41) is 23.5. The Hall–Kier alpha value is -3.26. The Bertz CT molecular complexity index is 953. The number of tetrazole rings is 1. The predicted molar refractivity (Wildman–Crippen MR) is 104 cm³/mol. The molecule has 0 unspecified atom stereocenters. The van der Waals surface area contributed by atoms with Crippen LogP contribution in [-0.4, -0.2) is 44.1 Å². The van der Waals surface area contributed by atoms with Crippen molar-refractivity contribution in [2.75, 3.05) is 6.61 Å². The minimum absolute atomic E-state index is 0.172. The van der Waals surface area contributed by atoms with Crippen LogP contribution in [-0.2, 0) is 6.42 Å². The number of nitrogens with zero attached hydrogens (tertiary/aromatic N) is 4. The highest BCUT2D eigenvalue weighted by atomic mass is 16.6. The average molecular weight is 381 g/mol. The number of hydrogen-bond donors (Lipinski definition) is 2. The van der Waals surface area contributed by atoms with Crippen LogP contribution in [0.4, 0.5) is 4.79 Å². The summed E-state index contributed by atoms with van der Waals surface area (Å²) < 4.78 is 7.07. The van der Waals surface area contributed by atoms with E-state index in [-0.39, 0.29) is 6.61 Å². The van der Waals surface area contributed by atoms with Crippen LogP contribution >= 0.6 is 0 Å². The van der Waals surface area contributed by atoms with Gasteiger partial charge in [0, 0.05) is 12.5 Å². The SMILES string of the molecule is CCc1nnnn1-c1cc(OC(=O)N[C@H](C)CO)cc(-c2ccc(C)cc2)c1. The van der Waals surface area contributed by atoms with Crippen molar-refractivity contribution >= 4 is 6.09 Å². The standard InChI is InChI=1S/C20H23N5O3/c1-4-19-22-23-24-25(19)17-9-16(15-7-5-13(2)6-8-15)10-18(11-17)28-20(27)21-14(3)12-26/h5-11,14,26H,4,12H2,1-3H3,(H,21,27)/t14-/m1/s1. The molecule has 0 aliphatic carbocycles. The van der Waals surface area contributed by atoms with Crippen LogP contribution in [0.3, 0.4) is 0 Å². The van der Waals surface area contributed by atoms with Gasteiger partial charge in [0.05, 0.1) is 18.3 Å². The summed E-state index contributed by atoms with van der Waals surface area (Å²) in [6.45, 7) is 5.50. The number of ether oxygens (including phenoxy) is 1. The summed E-state index contributed by atoms with van der Waals surface area (Å²) in [6.07, 6.45) is 0.0212. The van der Waals surface area contributed by atoms with Crippen LogP contribution in [0.1, 0.15) is 25.2 Å². The third-order valence-electron chi connectivity index (χ3n) is 4.22. The van der Waals surface area contributed by atoms with Crippen molar-refractivity contribution in [3.63, 3.8) is 0 Å². The van der Waals surface area contributed by atoms with Crippen molar-refractivity contribution in [3.05, 3.63) is 53.9 Å². The Morgan fingerprint density at radius 3 is 2.64 bits per heavy atom. The summed E-state index contributed by atoms with van der Waals surface area (Å²) in [6, 6.07) is 13.1. The van der Waals surface area contributed by atoms with Gasteiger partial charge in [0.1, 0.15) is 5.75 Å². The van der Waals surface area contributed by atoms with Crippen molar-refractivity contribution in [2.45, 2.75) is 33.2 Å². The summed E-state index contributed by atoms with van der Waals surface area (Å²) in [5.41, 5.74) is 3.70. The molecule has 0 bridgehead atoms. The lowest BCUT2D eigenvalue weighted by Gasteiger charge is -2.14. The van der Waals surface area contributed by atoms with Gasteiger partial charge in [-0.25, -0.2) is 4.79 Å². The average Bonchev–Trinajstić information content (AvgIpc) is 3.17. The molecule has 3 aromatic rings. The van der Waals surface area contributed by atoms with Crippen LogP contribution in [0.5, 0.6) is 5.75 Å². The fraction of sp³-hybridized carbons (Fsp3) is 0.300. The van der Waals surface area contributed by atoms with Crippen LogP contribution in [0.25, 0.3) is 16.8 Å². The number of aliphatic hydroxyl groups excluding tert-OH is 1. The molecule has 0 aliphatic heterocycles. The zero-order valence-electron chi connectivity index (χ0n) is 16.1. The van der Waals surface area contributed by atoms with Crippen LogP contribution in [0.15, 0.2) is 42.5 Å². The van der Waals surface area contributed by atoms with Gasteiger partial charge in [-0.3, -0.25) is 0 Å². The van der Waals surface area contributed by atoms with Crippen LogP contribution in [0.2, 0.25) is 0 Å². The largest absolute Gasteiger partial charge is 0.412 e. The molecule has 0 spiro atoms. The first-order valence-electron chi connectivity index (χ1n) is 9.09. The van der Waals surface area contributed by atoms with Crippen molar-refractivity contribution < 1.29 is 14.6 Å². The fourth-order valence-electron chi connectivity index (χ4n) is 2.69. The van der Waals surface area contributed by atoms with E-state index in [1.165, 1.54) is 0 Å². The molecule has 0 radical (unpaired) electrons. The van der Waals surface area contributed by atoms with Gasteiger partial charge in [0.15, 0.2) is 5.82 Å². The summed E-state index contributed by atoms with van der Waals surface area (Å²) >= 11 is 0. The number of carbonyl (C=O) groups excluding carboxylic acids is 1. The van der Waals surface area contributed by atoms with E-state index < -0.39 is 12.1 Å². The maximum atomic E-state index is 12.1. The third kappa shape index (κ3) is 4.52. The first-order chi connectivity index (χ1) is 13.5. The Morgan fingerprint density at radius 2 is 1.96 bits per heavy atom. The van der Waals surface area contributed by atoms with Gasteiger partial charge in [0.2, 0.25) is 0 Å². The zero-order valence-corrected chi connectivity index (χ0v) is 16.1. The Kier molecular flexibility index (Phi) is 6.00. The number of amides is 1. The number of rotatable bonds is 6. The van der Waals surface area contributed by atoms with Gasteiger partial charge < -0.3 is 15.2 Å². The maximum Gasteiger partial charge on any atom is 0.412 e. The normalized spacial score (nSPS) is 11.9. The van der Waals surface area contributed by atoms with Gasteiger partial charge in [0.25, 0.3) is 0 Å². The molecule has 0 saturated carbocycles. The summed E-state index contributed by atoms with van der Waals surface area (Å²) in [7, 11) is 0. The van der Waals surface area contributed by atoms with Crippen LogP contribution < -0.4 is 10.1 Å². The molecule has 3 rings (SSSR count). The molecule has 8 nitrogen and oxygen atoms in total. The number of carbonyl (C=O) groups is 1. The molecule has 1 heterocycles. The fourth-order valence-corrected chi connectivity index (χ4v) is 2.69. The Labute approximate surface area is 163 Å². The summed E-state index contributed by atoms with van der Waals surface area (Å²) in [4.78, 5) is 12.1. The molecular formula is C20H23N5O3. The van der Waals surface area contributed by atoms with E-state index in [1.54, 1.807) is 23.7 Å². The molecule has 2 aromatic carbocycles. The molecule has 1 atom stereocenters. The number of aromatic nitrogens is 4. The molecule has 1 amide bonds. The Balaban J connectivity index is 2.01. The second kappa shape index (κ2) is 8.62. The molecule has 0 saturated heterocycles. The number of nitrogens with one attached hydrogen (secondary N) is 1. The number of benzene rings is 2. The molecule has 2 N–H and O–H groups in total. The highest BCUT2D eigenvalue weighted by Crippen LogP contribution is 2.28. The van der Waals surface area contributed by atoms with E-state index in [2.05, 4.69) is 20.8 Å². The van der Waals surface area contributed by atoms with E-state index in [9.17, 15) is 4.79 Å². The van der Waals surface area contributed by atoms with Gasteiger partial charge in [-0.15, -0.1) is 5.10 Å².